The van der Waals surface area contributed by atoms with Crippen molar-refractivity contribution in [3.8, 4) is 39.6 Å². The summed E-state index contributed by atoms with van der Waals surface area (Å²) in [6.45, 7) is 0. The van der Waals surface area contributed by atoms with Gasteiger partial charge in [-0.15, -0.1) is 0 Å². The van der Waals surface area contributed by atoms with E-state index in [0.717, 1.165) is 46.4 Å². The Hall–Kier alpha value is -7.17. The molecule has 8 aromatic carbocycles. The first-order chi connectivity index (χ1) is 27.2. The molecule has 55 heavy (non-hydrogen) atoms. The number of para-hydroxylation sites is 1. The molecule has 0 unspecified atom stereocenters. The third-order valence-corrected chi connectivity index (χ3v) is 11.0. The Morgan fingerprint density at radius 1 is 0.400 bits per heavy atom. The van der Waals surface area contributed by atoms with Crippen molar-refractivity contribution in [2.75, 3.05) is 0 Å². The Morgan fingerprint density at radius 3 is 1.96 bits per heavy atom. The van der Waals surface area contributed by atoms with Crippen LogP contribution in [0, 0.1) is 0 Å². The second-order valence-corrected chi connectivity index (χ2v) is 14.3. The van der Waals surface area contributed by atoms with Crippen LogP contribution >= 0.6 is 0 Å². The maximum atomic E-state index is 5.03. The van der Waals surface area contributed by atoms with Gasteiger partial charge in [0.05, 0.1) is 11.0 Å². The molecular weight excluding hydrogens is 669 g/mol. The molecule has 0 bridgehead atoms. The molecule has 0 radical (unpaired) electrons. The second kappa shape index (κ2) is 12.8. The number of fused-ring (bicyclic) bond motifs is 8. The lowest BCUT2D eigenvalue weighted by atomic mass is 9.97. The highest BCUT2D eigenvalue weighted by Gasteiger charge is 2.17. The van der Waals surface area contributed by atoms with E-state index in [1.54, 1.807) is 0 Å². The minimum atomic E-state index is 0.667. The van der Waals surface area contributed by atoms with E-state index in [2.05, 4.69) is 168 Å². The summed E-state index contributed by atoms with van der Waals surface area (Å²) in [7, 11) is 0. The average molecular weight is 703 g/mol. The summed E-state index contributed by atoms with van der Waals surface area (Å²) < 4.78 is 2.42. The minimum absolute atomic E-state index is 0.667. The molecule has 1 aliphatic rings. The Bertz CT molecular complexity index is 3210. The zero-order valence-corrected chi connectivity index (χ0v) is 30.0. The van der Waals surface area contributed by atoms with Crippen molar-refractivity contribution in [3.05, 3.63) is 188 Å². The highest BCUT2D eigenvalue weighted by Crippen LogP contribution is 2.40. The summed E-state index contributed by atoms with van der Waals surface area (Å²) in [5.74, 6) is 2.05. The maximum absolute atomic E-state index is 5.03. The van der Waals surface area contributed by atoms with Gasteiger partial charge in [-0.25, -0.2) is 15.0 Å². The summed E-state index contributed by atoms with van der Waals surface area (Å²) in [5, 5.41) is 9.99. The number of allylic oxidation sites excluding steroid dienone is 4. The van der Waals surface area contributed by atoms with Gasteiger partial charge in [0.15, 0.2) is 17.5 Å². The zero-order chi connectivity index (χ0) is 36.3. The van der Waals surface area contributed by atoms with Crippen LogP contribution in [0.25, 0.3) is 99.3 Å². The van der Waals surface area contributed by atoms with Gasteiger partial charge in [0, 0.05) is 33.2 Å². The minimum Gasteiger partial charge on any atom is -0.309 e. The molecule has 0 fully saturated rings. The van der Waals surface area contributed by atoms with Crippen molar-refractivity contribution in [3.63, 3.8) is 0 Å². The maximum Gasteiger partial charge on any atom is 0.164 e. The van der Waals surface area contributed by atoms with Gasteiger partial charge < -0.3 is 4.57 Å². The van der Waals surface area contributed by atoms with Crippen molar-refractivity contribution < 1.29 is 0 Å². The standard InChI is InChI=1S/C51H34N4/c1-3-13-35(14-4-1)49-52-50(36-15-5-2-6-16-36)54-51(53-49)40-18-11-17-37(30-40)38-24-22-34-26-29-47-48(45(34)32-38)44-20-9-10-21-46(44)55(47)41-27-28-43-39(31-41)25-23-33-12-7-8-19-42(33)43/h1,3-5,7-32H,2,6H2. The quantitative estimate of drug-likeness (QED) is 0.168. The van der Waals surface area contributed by atoms with Crippen LogP contribution in [0.15, 0.2) is 182 Å². The number of nitrogens with zero attached hydrogens (tertiary/aromatic N) is 4. The highest BCUT2D eigenvalue weighted by molar-refractivity contribution is 6.22. The fraction of sp³-hybridized carbons (Fsp3) is 0.0392. The largest absolute Gasteiger partial charge is 0.309 e. The number of hydrogen-bond acceptors (Lipinski definition) is 3. The molecule has 0 aliphatic heterocycles. The lowest BCUT2D eigenvalue weighted by Crippen LogP contribution is -2.03. The van der Waals surface area contributed by atoms with Crippen molar-refractivity contribution in [2.24, 2.45) is 0 Å². The van der Waals surface area contributed by atoms with E-state index in [9.17, 15) is 0 Å². The third-order valence-electron chi connectivity index (χ3n) is 11.0. The van der Waals surface area contributed by atoms with Crippen LogP contribution in [-0.4, -0.2) is 19.5 Å². The number of hydrogen-bond donors (Lipinski definition) is 0. The Balaban J connectivity index is 1.06. The van der Waals surface area contributed by atoms with Gasteiger partial charge in [0.2, 0.25) is 0 Å². The lowest BCUT2D eigenvalue weighted by Gasteiger charge is -2.12. The monoisotopic (exact) mass is 702 g/mol. The predicted octanol–water partition coefficient (Wildman–Crippen LogP) is 13.2. The van der Waals surface area contributed by atoms with Crippen LogP contribution in [0.4, 0.5) is 0 Å². The van der Waals surface area contributed by atoms with Crippen molar-refractivity contribution in [2.45, 2.75) is 12.8 Å². The molecule has 2 aromatic heterocycles. The number of rotatable bonds is 5. The topological polar surface area (TPSA) is 43.6 Å². The van der Waals surface area contributed by atoms with Gasteiger partial charge in [-0.1, -0.05) is 146 Å². The first-order valence-corrected chi connectivity index (χ1v) is 18.9. The van der Waals surface area contributed by atoms with Crippen molar-refractivity contribution in [1.82, 2.24) is 19.5 Å². The van der Waals surface area contributed by atoms with Gasteiger partial charge in [-0.2, -0.15) is 0 Å². The average Bonchev–Trinajstić information content (AvgIpc) is 3.61. The highest BCUT2D eigenvalue weighted by atomic mass is 15.0. The zero-order valence-electron chi connectivity index (χ0n) is 30.0. The summed E-state index contributed by atoms with van der Waals surface area (Å²) in [6, 6.07) is 58.9. The van der Waals surface area contributed by atoms with Gasteiger partial charge in [0.1, 0.15) is 0 Å². The smallest absolute Gasteiger partial charge is 0.164 e. The molecule has 0 atom stereocenters. The molecule has 0 saturated carbocycles. The number of benzene rings is 8. The van der Waals surface area contributed by atoms with Crippen LogP contribution < -0.4 is 0 Å². The molecular formula is C51H34N4. The van der Waals surface area contributed by atoms with E-state index in [4.69, 9.17) is 15.0 Å². The van der Waals surface area contributed by atoms with E-state index < -0.39 is 0 Å². The first kappa shape index (κ1) is 31.4. The third kappa shape index (κ3) is 5.33. The molecule has 0 saturated heterocycles. The lowest BCUT2D eigenvalue weighted by molar-refractivity contribution is 1.01. The van der Waals surface area contributed by atoms with E-state index in [0.29, 0.717) is 17.5 Å². The predicted molar refractivity (Wildman–Crippen MR) is 229 cm³/mol. The molecule has 2 heterocycles. The van der Waals surface area contributed by atoms with Crippen molar-refractivity contribution in [1.29, 1.82) is 0 Å². The first-order valence-electron chi connectivity index (χ1n) is 18.9. The second-order valence-electron chi connectivity index (χ2n) is 14.3. The summed E-state index contributed by atoms with van der Waals surface area (Å²) in [6.07, 6.45) is 8.56. The van der Waals surface area contributed by atoms with Crippen LogP contribution in [0.3, 0.4) is 0 Å². The molecule has 0 spiro atoms. The van der Waals surface area contributed by atoms with E-state index in [1.165, 1.54) is 54.1 Å². The van der Waals surface area contributed by atoms with E-state index in [1.807, 2.05) is 18.2 Å². The SMILES string of the molecule is C1=CC(c2nc(-c3ccccc3)nc(-c3cccc(-c4ccc5ccc6c(c5c4)c4ccccc4n6-c4ccc5c(ccc6ccccc65)c4)c3)n2)=CCC1. The van der Waals surface area contributed by atoms with Crippen LogP contribution in [0.2, 0.25) is 0 Å². The Kier molecular flexibility index (Phi) is 7.27. The van der Waals surface area contributed by atoms with Gasteiger partial charge >= 0.3 is 0 Å². The Morgan fingerprint density at radius 2 is 1.07 bits per heavy atom. The van der Waals surface area contributed by atoms with Crippen LogP contribution in [0.1, 0.15) is 18.7 Å². The van der Waals surface area contributed by atoms with Crippen LogP contribution in [0.5, 0.6) is 0 Å². The summed E-state index contributed by atoms with van der Waals surface area (Å²) in [5.41, 5.74) is 8.77. The molecule has 258 valence electrons. The molecule has 11 rings (SSSR count). The van der Waals surface area contributed by atoms with Gasteiger partial charge in [-0.3, -0.25) is 0 Å². The summed E-state index contributed by atoms with van der Waals surface area (Å²) >= 11 is 0. The molecule has 0 N–H and O–H groups in total. The van der Waals surface area contributed by atoms with E-state index >= 15 is 0 Å². The van der Waals surface area contributed by atoms with Gasteiger partial charge in [-0.05, 0) is 92.7 Å². The molecule has 4 nitrogen and oxygen atoms in total. The molecule has 1 aliphatic carbocycles. The van der Waals surface area contributed by atoms with E-state index in [-0.39, 0.29) is 0 Å². The fourth-order valence-corrected chi connectivity index (χ4v) is 8.35. The van der Waals surface area contributed by atoms with Gasteiger partial charge in [0.25, 0.3) is 0 Å². The molecule has 10 aromatic rings. The number of aromatic nitrogens is 4. The summed E-state index contributed by atoms with van der Waals surface area (Å²) in [4.78, 5) is 15.0. The molecule has 0 amide bonds. The normalized spacial score (nSPS) is 13.0. The van der Waals surface area contributed by atoms with Crippen molar-refractivity contribution >= 4 is 59.7 Å². The Labute approximate surface area is 318 Å². The fourth-order valence-electron chi connectivity index (χ4n) is 8.35. The molecule has 4 heteroatoms. The van der Waals surface area contributed by atoms with Crippen LogP contribution in [-0.2, 0) is 0 Å².